The zero-order valence-corrected chi connectivity index (χ0v) is 51.1. The summed E-state index contributed by atoms with van der Waals surface area (Å²) in [5, 5.41) is 214. The number of thioether (sulfide) groups is 2. The normalized spacial score (nSPS) is 41.9. The first-order valence-corrected chi connectivity index (χ1v) is 32.0. The molecule has 6 saturated heterocycles. The van der Waals surface area contributed by atoms with Gasteiger partial charge in [-0.15, -0.1) is 0 Å². The van der Waals surface area contributed by atoms with Crippen molar-refractivity contribution >= 4 is 35.3 Å². The Kier molecular flexibility index (Phi) is 30.9. The highest BCUT2D eigenvalue weighted by molar-refractivity contribution is 7.98. The average Bonchev–Trinajstić information content (AvgIpc) is 0.894. The maximum Gasteiger partial charge on any atom is 0.220 e. The van der Waals surface area contributed by atoms with Crippen molar-refractivity contribution in [1.29, 1.82) is 0 Å². The van der Waals surface area contributed by atoms with Gasteiger partial charge in [0.25, 0.3) is 0 Å². The predicted octanol–water partition coefficient (Wildman–Crippen LogP) is -11.9. The standard InChI is InChI=1S/C54H88N2O34S2/c57-13-23-31(65)33(67)39(73)51(81-23)87-47-27(17-61)85-53(43(77)37(47)71)89-45-25(15-59)83-49(41(75)35(45)69)79-8-6-55-29(63)4-10-91-19-21-2-1-3-22(12-21)20-92-11-5-30(64)56-7-9-80-50-42(76)36(70)46(26(16-60)84-50)90-54-44(78)38(72)48(28(18-62)86-54)88-52-40(74)34(68)32(66)24(14-58)82-52/h1-3,12,23-28,31-54,57-62,65-78H,4-11,13-20H2,(H,55,63)(H,56,64)/t23-,24-,25-,26-,27-,28-,31+,32+,33+,34+,35-,36-,37-,38-,39-,40-,41-,42-,43-,44-,45-,46-,47+,48+,49-,50-,51-,52-,53+,54+/m1/s1. The number of benzene rings is 1. The van der Waals surface area contributed by atoms with E-state index in [1.165, 1.54) is 23.5 Å². The Balaban J connectivity index is 0.731. The smallest absolute Gasteiger partial charge is 0.220 e. The lowest BCUT2D eigenvalue weighted by molar-refractivity contribution is -0.379. The highest BCUT2D eigenvalue weighted by Gasteiger charge is 2.56. The second kappa shape index (κ2) is 37.0. The molecule has 6 heterocycles. The third-order valence-corrected chi connectivity index (χ3v) is 18.1. The number of aliphatic hydroxyl groups is 20. The van der Waals surface area contributed by atoms with E-state index >= 15 is 0 Å². The quantitative estimate of drug-likeness (QED) is 0.0298. The average molecular weight is 1370 g/mol. The summed E-state index contributed by atoms with van der Waals surface area (Å²) in [5.74, 6) is 1.50. The number of hydrogen-bond acceptors (Lipinski definition) is 36. The van der Waals surface area contributed by atoms with Crippen molar-refractivity contribution in [3.8, 4) is 0 Å². The van der Waals surface area contributed by atoms with Crippen molar-refractivity contribution in [1.82, 2.24) is 10.6 Å². The molecule has 36 nitrogen and oxygen atoms in total. The van der Waals surface area contributed by atoms with Gasteiger partial charge in [0.05, 0.1) is 52.9 Å². The minimum Gasteiger partial charge on any atom is -0.394 e. The number of nitrogens with one attached hydrogen (secondary N) is 2. The largest absolute Gasteiger partial charge is 0.394 e. The number of hydrogen-bond donors (Lipinski definition) is 22. The topological polar surface area (TPSA) is 574 Å². The van der Waals surface area contributed by atoms with Gasteiger partial charge < -0.3 is 170 Å². The van der Waals surface area contributed by atoms with E-state index in [1.54, 1.807) is 0 Å². The Labute approximate surface area is 534 Å². The minimum absolute atomic E-state index is 0.0286. The summed E-state index contributed by atoms with van der Waals surface area (Å²) in [7, 11) is 0. The van der Waals surface area contributed by atoms with Gasteiger partial charge in [-0.05, 0) is 11.1 Å². The Bertz CT molecular complexity index is 2190. The molecular weight excluding hydrogens is 1280 g/mol. The van der Waals surface area contributed by atoms with E-state index in [0.717, 1.165) is 11.1 Å². The predicted molar refractivity (Wildman–Crippen MR) is 304 cm³/mol. The lowest BCUT2D eigenvalue weighted by Crippen LogP contribution is -2.66. The van der Waals surface area contributed by atoms with Gasteiger partial charge in [0.15, 0.2) is 37.7 Å². The monoisotopic (exact) mass is 1370 g/mol. The Morgan fingerprint density at radius 1 is 0.370 bits per heavy atom. The van der Waals surface area contributed by atoms with Crippen molar-refractivity contribution in [3.63, 3.8) is 0 Å². The summed E-state index contributed by atoms with van der Waals surface area (Å²) in [6, 6.07) is 7.79. The molecule has 530 valence electrons. The third-order valence-electron chi connectivity index (χ3n) is 16.0. The van der Waals surface area contributed by atoms with Gasteiger partial charge in [0.2, 0.25) is 11.8 Å². The molecule has 30 atom stereocenters. The molecule has 0 radical (unpaired) electrons. The van der Waals surface area contributed by atoms with Crippen LogP contribution in [0.15, 0.2) is 24.3 Å². The van der Waals surface area contributed by atoms with E-state index in [2.05, 4.69) is 10.6 Å². The maximum absolute atomic E-state index is 12.6. The number of carbonyl (C=O) groups is 2. The first kappa shape index (κ1) is 76.9. The number of rotatable bonds is 32. The zero-order chi connectivity index (χ0) is 67.1. The van der Waals surface area contributed by atoms with E-state index in [4.69, 9.17) is 56.8 Å². The molecule has 0 spiro atoms. The minimum atomic E-state index is -1.99. The van der Waals surface area contributed by atoms with Crippen molar-refractivity contribution < 1.29 is 169 Å². The second-order valence-electron chi connectivity index (χ2n) is 22.5. The van der Waals surface area contributed by atoms with Crippen LogP contribution in [0.4, 0.5) is 0 Å². The molecule has 0 aromatic heterocycles. The molecule has 0 aliphatic carbocycles. The molecular formula is C54H88N2O34S2. The number of ether oxygens (including phenoxy) is 12. The summed E-state index contributed by atoms with van der Waals surface area (Å²) in [5.41, 5.74) is 2.01. The molecule has 2 amide bonds. The van der Waals surface area contributed by atoms with Crippen LogP contribution in [0, 0.1) is 0 Å². The molecule has 0 bridgehead atoms. The van der Waals surface area contributed by atoms with Crippen LogP contribution in [-0.2, 0) is 77.9 Å². The lowest BCUT2D eigenvalue weighted by atomic mass is 9.96. The maximum atomic E-state index is 12.6. The van der Waals surface area contributed by atoms with Crippen molar-refractivity contribution in [2.24, 2.45) is 0 Å². The van der Waals surface area contributed by atoms with Crippen molar-refractivity contribution in [3.05, 3.63) is 35.4 Å². The first-order chi connectivity index (χ1) is 44.0. The van der Waals surface area contributed by atoms with Crippen molar-refractivity contribution in [2.45, 2.75) is 209 Å². The van der Waals surface area contributed by atoms with Crippen LogP contribution in [0.2, 0.25) is 0 Å². The molecule has 6 aliphatic heterocycles. The summed E-state index contributed by atoms with van der Waals surface area (Å²) >= 11 is 3.03. The van der Waals surface area contributed by atoms with Crippen LogP contribution in [0.25, 0.3) is 0 Å². The van der Waals surface area contributed by atoms with E-state index in [1.807, 2.05) is 24.3 Å². The fourth-order valence-corrected chi connectivity index (χ4v) is 12.6. The Hall–Kier alpha value is -2.42. The van der Waals surface area contributed by atoms with Gasteiger partial charge in [-0.25, -0.2) is 0 Å². The highest BCUT2D eigenvalue weighted by atomic mass is 32.2. The van der Waals surface area contributed by atoms with E-state index < -0.39 is 224 Å². The Morgan fingerprint density at radius 2 is 0.641 bits per heavy atom. The van der Waals surface area contributed by atoms with Crippen LogP contribution in [-0.4, -0.2) is 376 Å². The molecule has 22 N–H and O–H groups in total. The molecule has 92 heavy (non-hydrogen) atoms. The lowest BCUT2D eigenvalue weighted by Gasteiger charge is -2.48. The third kappa shape index (κ3) is 19.5. The van der Waals surface area contributed by atoms with E-state index in [-0.39, 0.29) is 51.0 Å². The van der Waals surface area contributed by atoms with Crippen LogP contribution in [0.1, 0.15) is 24.0 Å². The van der Waals surface area contributed by atoms with Gasteiger partial charge in [0.1, 0.15) is 146 Å². The fraction of sp³-hybridized carbons (Fsp3) is 0.852. The van der Waals surface area contributed by atoms with E-state index in [9.17, 15) is 112 Å². The zero-order valence-electron chi connectivity index (χ0n) is 49.4. The fourth-order valence-electron chi connectivity index (χ4n) is 10.8. The van der Waals surface area contributed by atoms with Gasteiger partial charge in [0, 0.05) is 48.9 Å². The number of carbonyl (C=O) groups excluding carboxylic acids is 2. The van der Waals surface area contributed by atoms with Gasteiger partial charge in [-0.3, -0.25) is 9.59 Å². The van der Waals surface area contributed by atoms with Crippen LogP contribution in [0.3, 0.4) is 0 Å². The first-order valence-electron chi connectivity index (χ1n) is 29.7. The summed E-state index contributed by atoms with van der Waals surface area (Å²) < 4.78 is 66.7. The summed E-state index contributed by atoms with van der Waals surface area (Å²) in [6.45, 7) is -5.41. The number of amides is 2. The number of aliphatic hydroxyl groups excluding tert-OH is 20. The van der Waals surface area contributed by atoms with E-state index in [0.29, 0.717) is 23.0 Å². The van der Waals surface area contributed by atoms with Gasteiger partial charge in [-0.2, -0.15) is 23.5 Å². The SMILES string of the molecule is O=C(CCSCc1cccc(CSCCC(=O)NCCO[C@@H]2O[C@H](CO)[C@@H](O[C@@H]3O[C@H](CO)[C@H](O[C@H]4O[C@H](CO)[C@H](O)[C@H](O)[C@H]4O)[C@H](O)[C@H]3O)[C@H](O)[C@H]2O)c1)NCCO[C@@H]1O[C@H](CO)[C@@H](O[C@@H]2O[C@H](CO)[C@H](O[C@H]3O[C@H](CO)[C@H](O)[C@H](O)[C@H]3O)[C@H](O)[C@H]2O)[C@H](O)[C@H]1O. The van der Waals surface area contributed by atoms with Gasteiger partial charge >= 0.3 is 0 Å². The molecule has 6 fully saturated rings. The van der Waals surface area contributed by atoms with Crippen LogP contribution in [0.5, 0.6) is 0 Å². The molecule has 0 saturated carbocycles. The Morgan fingerprint density at radius 3 is 0.946 bits per heavy atom. The highest BCUT2D eigenvalue weighted by Crippen LogP contribution is 2.35. The molecule has 0 unspecified atom stereocenters. The summed E-state index contributed by atoms with van der Waals surface area (Å²) in [4.78, 5) is 25.3. The summed E-state index contributed by atoms with van der Waals surface area (Å²) in [6.07, 6.45) is -51.2. The second-order valence-corrected chi connectivity index (χ2v) is 24.7. The molecule has 1 aromatic rings. The van der Waals surface area contributed by atoms with Crippen LogP contribution >= 0.6 is 23.5 Å². The van der Waals surface area contributed by atoms with Crippen LogP contribution < -0.4 is 10.6 Å². The molecule has 38 heteroatoms. The molecule has 6 aliphatic rings. The molecule has 1 aromatic carbocycles. The molecule has 7 rings (SSSR count). The van der Waals surface area contributed by atoms with Crippen molar-refractivity contribution in [2.75, 3.05) is 77.5 Å². The van der Waals surface area contributed by atoms with Gasteiger partial charge in [-0.1, -0.05) is 24.3 Å².